The fourth-order valence-corrected chi connectivity index (χ4v) is 6.60. The number of aryl methyl sites for hydroxylation is 1. The van der Waals surface area contributed by atoms with Crippen LogP contribution in [0.2, 0.25) is 15.1 Å². The highest BCUT2D eigenvalue weighted by molar-refractivity contribution is 7.89. The van der Waals surface area contributed by atoms with Gasteiger partial charge in [-0.25, -0.2) is 13.1 Å². The maximum absolute atomic E-state index is 13.4. The van der Waals surface area contributed by atoms with E-state index < -0.39 is 16.1 Å². The Morgan fingerprint density at radius 1 is 1.00 bits per heavy atom. The van der Waals surface area contributed by atoms with Gasteiger partial charge in [0, 0.05) is 23.5 Å². The van der Waals surface area contributed by atoms with Gasteiger partial charge in [-0.3, -0.25) is 4.79 Å². The average Bonchev–Trinajstić information content (AvgIpc) is 2.88. The largest absolute Gasteiger partial charge is 0.349 e. The van der Waals surface area contributed by atoms with Crippen molar-refractivity contribution in [3.8, 4) is 0 Å². The number of carbonyl (C=O) groups excluding carboxylic acids is 1. The van der Waals surface area contributed by atoms with Crippen molar-refractivity contribution in [2.24, 2.45) is 0 Å². The molecule has 6 nitrogen and oxygen atoms in total. The molecule has 0 aromatic heterocycles. The molecule has 0 radical (unpaired) electrons. The van der Waals surface area contributed by atoms with Gasteiger partial charge >= 0.3 is 0 Å². The molecule has 1 amide bonds. The van der Waals surface area contributed by atoms with Crippen molar-refractivity contribution in [1.82, 2.24) is 15.4 Å². The summed E-state index contributed by atoms with van der Waals surface area (Å²) >= 11 is 18.2. The normalized spacial score (nSPS) is 16.3. The van der Waals surface area contributed by atoms with Gasteiger partial charge in [0.05, 0.1) is 27.0 Å². The highest BCUT2D eigenvalue weighted by atomic mass is 35.5. The third-order valence-corrected chi connectivity index (χ3v) is 9.26. The molecule has 40 heavy (non-hydrogen) atoms. The van der Waals surface area contributed by atoms with E-state index >= 15 is 0 Å². The van der Waals surface area contributed by atoms with E-state index in [-0.39, 0.29) is 38.8 Å². The molecule has 1 aliphatic rings. The van der Waals surface area contributed by atoms with Crippen LogP contribution in [0, 0.1) is 0 Å². The fourth-order valence-electron chi connectivity index (χ4n) is 4.78. The summed E-state index contributed by atoms with van der Waals surface area (Å²) in [5, 5.41) is 7.47. The molecule has 1 aliphatic carbocycles. The molecule has 0 fully saturated rings. The Morgan fingerprint density at radius 2 is 1.77 bits per heavy atom. The molecule has 0 saturated carbocycles. The van der Waals surface area contributed by atoms with Gasteiger partial charge in [-0.15, -0.1) is 0 Å². The lowest BCUT2D eigenvalue weighted by atomic mass is 9.86. The van der Waals surface area contributed by atoms with Crippen molar-refractivity contribution in [3.63, 3.8) is 0 Å². The first kappa shape index (κ1) is 30.8. The first-order valence-electron chi connectivity index (χ1n) is 13.2. The number of rotatable bonds is 9. The predicted octanol–water partition coefficient (Wildman–Crippen LogP) is 7.14. The van der Waals surface area contributed by atoms with Gasteiger partial charge in [-0.05, 0) is 92.6 Å². The van der Waals surface area contributed by atoms with E-state index in [4.69, 9.17) is 34.8 Å². The van der Waals surface area contributed by atoms with Crippen LogP contribution in [0.5, 0.6) is 0 Å². The van der Waals surface area contributed by atoms with Gasteiger partial charge in [-0.1, -0.05) is 65.1 Å². The summed E-state index contributed by atoms with van der Waals surface area (Å²) in [6.07, 6.45) is 2.62. The van der Waals surface area contributed by atoms with Crippen molar-refractivity contribution < 1.29 is 13.2 Å². The van der Waals surface area contributed by atoms with Crippen molar-refractivity contribution in [3.05, 3.63) is 98.0 Å². The molecule has 0 saturated heterocycles. The smallest absolute Gasteiger partial charge is 0.241 e. The molecule has 3 N–H and O–H groups in total. The zero-order valence-corrected chi connectivity index (χ0v) is 25.8. The summed E-state index contributed by atoms with van der Waals surface area (Å²) in [6.45, 7) is 7.18. The Balaban J connectivity index is 1.52. The van der Waals surface area contributed by atoms with E-state index in [0.717, 1.165) is 31.4 Å². The molecule has 0 bridgehead atoms. The SMILES string of the molecule is CC(C)(C)NCc1ccc2c(c1)CCC[C@H]2NC(=O)C[C@@H](NS(=O)(=O)c1ccc(Cl)c(Cl)c1)c1cccc(Cl)c1. The molecule has 3 aromatic rings. The van der Waals surface area contributed by atoms with Gasteiger partial charge in [0.25, 0.3) is 0 Å². The van der Waals surface area contributed by atoms with Gasteiger partial charge in [0.2, 0.25) is 15.9 Å². The van der Waals surface area contributed by atoms with Crippen LogP contribution in [0.15, 0.2) is 65.6 Å². The van der Waals surface area contributed by atoms with Crippen LogP contribution in [0.4, 0.5) is 0 Å². The second-order valence-electron chi connectivity index (χ2n) is 11.2. The number of fused-ring (bicyclic) bond motifs is 1. The summed E-state index contributed by atoms with van der Waals surface area (Å²) in [5.74, 6) is -0.266. The summed E-state index contributed by atoms with van der Waals surface area (Å²) < 4.78 is 29.2. The number of hydrogen-bond acceptors (Lipinski definition) is 4. The summed E-state index contributed by atoms with van der Waals surface area (Å²) in [5.41, 5.74) is 4.14. The van der Waals surface area contributed by atoms with Gasteiger partial charge < -0.3 is 10.6 Å². The first-order chi connectivity index (χ1) is 18.8. The van der Waals surface area contributed by atoms with E-state index in [9.17, 15) is 13.2 Å². The van der Waals surface area contributed by atoms with Gasteiger partial charge in [0.15, 0.2) is 0 Å². The van der Waals surface area contributed by atoms with E-state index in [1.807, 2.05) is 0 Å². The number of halogens is 3. The average molecular weight is 623 g/mol. The molecule has 3 aromatic carbocycles. The molecular formula is C30H34Cl3N3O3S. The van der Waals surface area contributed by atoms with Crippen molar-refractivity contribution in [2.75, 3.05) is 0 Å². The van der Waals surface area contributed by atoms with E-state index in [0.29, 0.717) is 10.6 Å². The second kappa shape index (κ2) is 12.8. The molecule has 2 atom stereocenters. The first-order valence-corrected chi connectivity index (χ1v) is 15.8. The Morgan fingerprint density at radius 3 is 2.48 bits per heavy atom. The summed E-state index contributed by atoms with van der Waals surface area (Å²) in [4.78, 5) is 13.3. The van der Waals surface area contributed by atoms with Crippen LogP contribution in [0.25, 0.3) is 0 Å². The van der Waals surface area contributed by atoms with Crippen molar-refractivity contribution in [1.29, 1.82) is 0 Å². The monoisotopic (exact) mass is 621 g/mol. The molecular weight excluding hydrogens is 589 g/mol. The predicted molar refractivity (Wildman–Crippen MR) is 162 cm³/mol. The van der Waals surface area contributed by atoms with Crippen LogP contribution in [-0.4, -0.2) is 19.9 Å². The number of benzene rings is 3. The Bertz CT molecular complexity index is 1490. The van der Waals surface area contributed by atoms with Crippen LogP contribution in [0.1, 0.15) is 74.4 Å². The maximum Gasteiger partial charge on any atom is 0.241 e. The minimum Gasteiger partial charge on any atom is -0.349 e. The van der Waals surface area contributed by atoms with E-state index in [1.54, 1.807) is 24.3 Å². The lowest BCUT2D eigenvalue weighted by molar-refractivity contribution is -0.122. The maximum atomic E-state index is 13.4. The molecule has 0 unspecified atom stereocenters. The Hall–Kier alpha value is -2.13. The third kappa shape index (κ3) is 8.21. The summed E-state index contributed by atoms with van der Waals surface area (Å²) in [6, 6.07) is 16.3. The van der Waals surface area contributed by atoms with Crippen LogP contribution < -0.4 is 15.4 Å². The van der Waals surface area contributed by atoms with Gasteiger partial charge in [-0.2, -0.15) is 0 Å². The molecule has 4 rings (SSSR count). The van der Waals surface area contributed by atoms with Crippen molar-refractivity contribution in [2.45, 2.75) is 75.5 Å². The Kier molecular flexibility index (Phi) is 9.87. The quantitative estimate of drug-likeness (QED) is 0.237. The molecule has 0 heterocycles. The topological polar surface area (TPSA) is 87.3 Å². The zero-order valence-electron chi connectivity index (χ0n) is 22.7. The molecule has 10 heteroatoms. The summed E-state index contributed by atoms with van der Waals surface area (Å²) in [7, 11) is -4.03. The molecule has 214 valence electrons. The minimum atomic E-state index is -4.03. The van der Waals surface area contributed by atoms with Crippen molar-refractivity contribution >= 4 is 50.7 Å². The lowest BCUT2D eigenvalue weighted by Crippen LogP contribution is -2.36. The van der Waals surface area contributed by atoms with E-state index in [2.05, 4.69) is 54.3 Å². The van der Waals surface area contributed by atoms with Crippen LogP contribution in [0.3, 0.4) is 0 Å². The van der Waals surface area contributed by atoms with E-state index in [1.165, 1.54) is 29.3 Å². The molecule has 0 spiro atoms. The van der Waals surface area contributed by atoms with Crippen LogP contribution >= 0.6 is 34.8 Å². The second-order valence-corrected chi connectivity index (χ2v) is 14.1. The molecule has 0 aliphatic heterocycles. The minimum absolute atomic E-state index is 0.0211. The fraction of sp³-hybridized carbons (Fsp3) is 0.367. The number of amides is 1. The third-order valence-electron chi connectivity index (χ3n) is 6.82. The highest BCUT2D eigenvalue weighted by Gasteiger charge is 2.27. The number of nitrogens with one attached hydrogen (secondary N) is 3. The standard InChI is InChI=1S/C30H34Cl3N3O3S/c1-30(2,3)34-18-19-10-12-24-20(14-19)6-5-9-27(24)35-29(37)17-28(21-7-4-8-22(31)15-21)36-40(38,39)23-11-13-25(32)26(33)16-23/h4,7-8,10-16,27-28,34,36H,5-6,9,17-18H2,1-3H3,(H,35,37)/t27-,28-/m1/s1. The Labute approximate surface area is 251 Å². The highest BCUT2D eigenvalue weighted by Crippen LogP contribution is 2.32. The van der Waals surface area contributed by atoms with Crippen LogP contribution in [-0.2, 0) is 27.8 Å². The lowest BCUT2D eigenvalue weighted by Gasteiger charge is -2.28. The van der Waals surface area contributed by atoms with Gasteiger partial charge in [0.1, 0.15) is 0 Å². The number of carbonyl (C=O) groups is 1. The zero-order chi connectivity index (χ0) is 29.1. The number of hydrogen-bond donors (Lipinski definition) is 3. The number of sulfonamides is 1.